The molecule has 3 N–H and O–H groups in total. The van der Waals surface area contributed by atoms with E-state index in [1.807, 2.05) is 13.0 Å². The third-order valence-electron chi connectivity index (χ3n) is 2.86. The summed E-state index contributed by atoms with van der Waals surface area (Å²) in [6.45, 7) is 2.53. The molecule has 0 aliphatic heterocycles. The van der Waals surface area contributed by atoms with Crippen molar-refractivity contribution in [1.29, 1.82) is 0 Å². The van der Waals surface area contributed by atoms with Gasteiger partial charge in [0.05, 0.1) is 28.5 Å². The molecule has 22 heavy (non-hydrogen) atoms. The number of hydrogen-bond acceptors (Lipinski definition) is 3. The first-order valence-electron chi connectivity index (χ1n) is 6.11. The summed E-state index contributed by atoms with van der Waals surface area (Å²) in [5.74, 6) is 0.434. The second-order valence-electron chi connectivity index (χ2n) is 4.28. The third-order valence-corrected chi connectivity index (χ3v) is 5.01. The number of nitrogens with zero attached hydrogens (tertiary/aromatic N) is 1. The number of aryl methyl sites for hydroxylation is 1. The first-order valence-corrected chi connectivity index (χ1v) is 8.35. The Morgan fingerprint density at radius 3 is 2.55 bits per heavy atom. The molecule has 0 unspecified atom stereocenters. The van der Waals surface area contributed by atoms with Crippen LogP contribution in [0.3, 0.4) is 0 Å². The molecule has 0 aliphatic rings. The second-order valence-corrected chi connectivity index (χ2v) is 6.75. The van der Waals surface area contributed by atoms with E-state index < -0.39 is 10.0 Å². The van der Waals surface area contributed by atoms with Gasteiger partial charge in [0.1, 0.15) is 4.90 Å². The van der Waals surface area contributed by atoms with Crippen LogP contribution in [-0.4, -0.2) is 8.42 Å². The summed E-state index contributed by atoms with van der Waals surface area (Å²) in [4.78, 5) is -0.116. The Morgan fingerprint density at radius 1 is 1.23 bits per heavy atom. The summed E-state index contributed by atoms with van der Waals surface area (Å²) in [6.07, 6.45) is 1.77. The van der Waals surface area contributed by atoms with Crippen molar-refractivity contribution in [2.75, 3.05) is 10.5 Å². The minimum atomic E-state index is -3.86. The summed E-state index contributed by atoms with van der Waals surface area (Å²) in [5, 5.41) is 0.152. The highest BCUT2D eigenvalue weighted by Crippen LogP contribution is 2.30. The lowest BCUT2D eigenvalue weighted by Gasteiger charge is -2.08. The molecule has 2 aromatic rings. The van der Waals surface area contributed by atoms with Crippen molar-refractivity contribution in [3.05, 3.63) is 46.6 Å². The standard InChI is InChI=1S/C13H13Cl2N3O2S.ClH/c1-2-18-6-4-3-5-13(18)17-21(19,20)12-8-9(14)11(16)7-10(12)15;/h3-8H,2,16H2,1H3;1H. The largest absolute Gasteiger partial charge is 1.00 e. The Bertz CT molecular complexity index is 782. The van der Waals surface area contributed by atoms with Crippen LogP contribution in [0.2, 0.25) is 10.0 Å². The molecule has 1 aromatic carbocycles. The average molecular weight is 383 g/mol. The van der Waals surface area contributed by atoms with E-state index in [4.69, 9.17) is 28.9 Å². The SMILES string of the molecule is CC[n+]1ccccc1NS(=O)(=O)c1cc(Cl)c(N)cc1Cl.[Cl-]. The van der Waals surface area contributed by atoms with Crippen LogP contribution in [0, 0.1) is 0 Å². The molecular formula is C13H14Cl3N3O2S. The van der Waals surface area contributed by atoms with Gasteiger partial charge in [0.2, 0.25) is 0 Å². The van der Waals surface area contributed by atoms with Crippen molar-refractivity contribution < 1.29 is 25.4 Å². The van der Waals surface area contributed by atoms with Crippen molar-refractivity contribution in [3.63, 3.8) is 0 Å². The van der Waals surface area contributed by atoms with E-state index in [2.05, 4.69) is 4.72 Å². The average Bonchev–Trinajstić information content (AvgIpc) is 2.43. The van der Waals surface area contributed by atoms with Crippen molar-refractivity contribution in [1.82, 2.24) is 0 Å². The molecule has 0 radical (unpaired) electrons. The van der Waals surface area contributed by atoms with Crippen LogP contribution in [0.4, 0.5) is 11.5 Å². The van der Waals surface area contributed by atoms with Crippen LogP contribution >= 0.6 is 23.2 Å². The lowest BCUT2D eigenvalue weighted by molar-refractivity contribution is -0.679. The molecule has 1 heterocycles. The lowest BCUT2D eigenvalue weighted by Crippen LogP contribution is -3.00. The van der Waals surface area contributed by atoms with Gasteiger partial charge in [0.25, 0.3) is 5.82 Å². The van der Waals surface area contributed by atoms with E-state index in [1.54, 1.807) is 22.9 Å². The monoisotopic (exact) mass is 381 g/mol. The third kappa shape index (κ3) is 3.95. The van der Waals surface area contributed by atoms with Gasteiger partial charge >= 0.3 is 10.0 Å². The minimum absolute atomic E-state index is 0. The van der Waals surface area contributed by atoms with Crippen molar-refractivity contribution in [3.8, 4) is 0 Å². The number of nitrogen functional groups attached to an aromatic ring is 1. The van der Waals surface area contributed by atoms with Crippen LogP contribution in [0.5, 0.6) is 0 Å². The van der Waals surface area contributed by atoms with Gasteiger partial charge in [-0.1, -0.05) is 29.3 Å². The summed E-state index contributed by atoms with van der Waals surface area (Å²) in [7, 11) is -3.86. The fourth-order valence-electron chi connectivity index (χ4n) is 1.79. The minimum Gasteiger partial charge on any atom is -1.00 e. The first kappa shape index (κ1) is 18.8. The molecule has 120 valence electrons. The van der Waals surface area contributed by atoms with Gasteiger partial charge in [0, 0.05) is 6.07 Å². The Morgan fingerprint density at radius 2 is 1.91 bits per heavy atom. The number of hydrogen-bond donors (Lipinski definition) is 2. The first-order chi connectivity index (χ1) is 9.85. The zero-order valence-corrected chi connectivity index (χ0v) is 14.6. The van der Waals surface area contributed by atoms with Crippen molar-refractivity contribution >= 4 is 44.7 Å². The number of aromatic nitrogens is 1. The molecule has 5 nitrogen and oxygen atoms in total. The number of rotatable bonds is 4. The molecule has 9 heteroatoms. The molecular weight excluding hydrogens is 369 g/mol. The highest BCUT2D eigenvalue weighted by Gasteiger charge is 2.25. The van der Waals surface area contributed by atoms with Gasteiger partial charge in [0.15, 0.2) is 0 Å². The summed E-state index contributed by atoms with van der Waals surface area (Å²) in [5.41, 5.74) is 5.82. The Kier molecular flexibility index (Phi) is 6.31. The highest BCUT2D eigenvalue weighted by atomic mass is 35.5. The quantitative estimate of drug-likeness (QED) is 0.562. The molecule has 0 spiro atoms. The maximum absolute atomic E-state index is 12.4. The number of anilines is 2. The number of halogens is 3. The number of nitrogens with one attached hydrogen (secondary N) is 1. The molecule has 0 atom stereocenters. The molecule has 1 aromatic heterocycles. The van der Waals surface area contributed by atoms with E-state index >= 15 is 0 Å². The van der Waals surface area contributed by atoms with Gasteiger partial charge in [-0.3, -0.25) is 0 Å². The highest BCUT2D eigenvalue weighted by molar-refractivity contribution is 7.92. The topological polar surface area (TPSA) is 76.1 Å². The maximum atomic E-state index is 12.4. The van der Waals surface area contributed by atoms with Crippen LogP contribution in [0.1, 0.15) is 6.92 Å². The summed E-state index contributed by atoms with van der Waals surface area (Å²) < 4.78 is 29.1. The van der Waals surface area contributed by atoms with Crippen LogP contribution in [0.15, 0.2) is 41.4 Å². The van der Waals surface area contributed by atoms with E-state index in [0.717, 1.165) is 0 Å². The lowest BCUT2D eigenvalue weighted by atomic mass is 10.3. The fourth-order valence-corrected chi connectivity index (χ4v) is 3.65. The normalized spacial score (nSPS) is 10.9. The van der Waals surface area contributed by atoms with Gasteiger partial charge in [-0.15, -0.1) is 0 Å². The fraction of sp³-hybridized carbons (Fsp3) is 0.154. The molecule has 0 fully saturated rings. The zero-order chi connectivity index (χ0) is 15.6. The maximum Gasteiger partial charge on any atom is 0.330 e. The second kappa shape index (κ2) is 7.37. The molecule has 0 bridgehead atoms. The van der Waals surface area contributed by atoms with E-state index in [1.165, 1.54) is 12.1 Å². The van der Waals surface area contributed by atoms with Crippen molar-refractivity contribution in [2.24, 2.45) is 0 Å². The van der Waals surface area contributed by atoms with Gasteiger partial charge in [-0.2, -0.15) is 13.1 Å². The van der Waals surface area contributed by atoms with Gasteiger partial charge in [-0.25, -0.2) is 4.57 Å². The van der Waals surface area contributed by atoms with Crippen molar-refractivity contribution in [2.45, 2.75) is 18.4 Å². The van der Waals surface area contributed by atoms with E-state index in [-0.39, 0.29) is 33.0 Å². The number of pyridine rings is 1. The molecule has 0 amide bonds. The van der Waals surface area contributed by atoms with Gasteiger partial charge < -0.3 is 18.1 Å². The van der Waals surface area contributed by atoms with Crippen LogP contribution in [0.25, 0.3) is 0 Å². The number of nitrogens with two attached hydrogens (primary N) is 1. The number of benzene rings is 1. The zero-order valence-electron chi connectivity index (χ0n) is 11.6. The molecule has 2 rings (SSSR count). The molecule has 0 saturated heterocycles. The predicted octanol–water partition coefficient (Wildman–Crippen LogP) is -0.312. The predicted molar refractivity (Wildman–Crippen MR) is 84.0 cm³/mol. The summed E-state index contributed by atoms with van der Waals surface area (Å²) in [6, 6.07) is 7.77. The smallest absolute Gasteiger partial charge is 0.330 e. The van der Waals surface area contributed by atoms with Crippen LogP contribution < -0.4 is 27.4 Å². The van der Waals surface area contributed by atoms with Crippen LogP contribution in [-0.2, 0) is 16.6 Å². The molecule has 0 saturated carbocycles. The Balaban J connectivity index is 0.00000242. The molecule has 0 aliphatic carbocycles. The Labute approximate surface area is 145 Å². The van der Waals surface area contributed by atoms with E-state index in [0.29, 0.717) is 12.4 Å². The summed E-state index contributed by atoms with van der Waals surface area (Å²) >= 11 is 11.8. The Hall–Kier alpha value is -1.21. The van der Waals surface area contributed by atoms with E-state index in [9.17, 15) is 8.42 Å². The number of sulfonamides is 1. The van der Waals surface area contributed by atoms with Gasteiger partial charge in [-0.05, 0) is 25.1 Å².